The van der Waals surface area contributed by atoms with Crippen molar-refractivity contribution in [2.24, 2.45) is 0 Å². The number of fused-ring (bicyclic) bond motifs is 1. The molecule has 4 rings (SSSR count). The summed E-state index contributed by atoms with van der Waals surface area (Å²) in [6, 6.07) is 16.4. The molecule has 0 bridgehead atoms. The van der Waals surface area contributed by atoms with Gasteiger partial charge in [0.05, 0.1) is 18.2 Å². The summed E-state index contributed by atoms with van der Waals surface area (Å²) in [5.41, 5.74) is 2.08. The van der Waals surface area contributed by atoms with Crippen LogP contribution in [0.2, 0.25) is 0 Å². The number of ether oxygens (including phenoxy) is 1. The first-order chi connectivity index (χ1) is 14.6. The monoisotopic (exact) mass is 421 g/mol. The van der Waals surface area contributed by atoms with Crippen LogP contribution in [0.15, 0.2) is 54.6 Å². The molecule has 0 radical (unpaired) electrons. The van der Waals surface area contributed by atoms with Gasteiger partial charge in [-0.05, 0) is 62.6 Å². The molecule has 30 heavy (non-hydrogen) atoms. The Morgan fingerprint density at radius 2 is 1.87 bits per heavy atom. The molecule has 1 aliphatic rings. The van der Waals surface area contributed by atoms with Crippen LogP contribution >= 0.6 is 11.3 Å². The number of amides is 2. The largest absolute Gasteiger partial charge is 0.494 e. The summed E-state index contributed by atoms with van der Waals surface area (Å²) in [6.45, 7) is 2.53. The number of aromatic nitrogens is 1. The van der Waals surface area contributed by atoms with E-state index >= 15 is 0 Å². The van der Waals surface area contributed by atoms with E-state index in [1.807, 2.05) is 49.4 Å². The molecule has 3 aromatic rings. The molecule has 1 unspecified atom stereocenters. The highest BCUT2D eigenvalue weighted by atomic mass is 32.1. The highest BCUT2D eigenvalue weighted by molar-refractivity contribution is 7.16. The molecule has 2 aromatic carbocycles. The van der Waals surface area contributed by atoms with Gasteiger partial charge >= 0.3 is 0 Å². The zero-order chi connectivity index (χ0) is 20.9. The zero-order valence-corrected chi connectivity index (χ0v) is 17.5. The Bertz CT molecular complexity index is 1030. The van der Waals surface area contributed by atoms with Crippen molar-refractivity contribution in [2.45, 2.75) is 32.1 Å². The molecule has 1 heterocycles. The molecule has 0 spiro atoms. The van der Waals surface area contributed by atoms with Gasteiger partial charge in [-0.2, -0.15) is 0 Å². The molecule has 154 valence electrons. The molecular formula is C23H23N3O3S. The summed E-state index contributed by atoms with van der Waals surface area (Å²) in [4.78, 5) is 31.0. The predicted molar refractivity (Wildman–Crippen MR) is 118 cm³/mol. The molecular weight excluding hydrogens is 398 g/mol. The van der Waals surface area contributed by atoms with Crippen LogP contribution in [-0.4, -0.2) is 23.4 Å². The van der Waals surface area contributed by atoms with Crippen LogP contribution < -0.4 is 15.4 Å². The molecule has 1 atom stereocenters. The molecule has 1 aromatic heterocycles. The maximum atomic E-state index is 12.9. The van der Waals surface area contributed by atoms with Crippen molar-refractivity contribution in [2.75, 3.05) is 17.2 Å². The number of carbonyl (C=O) groups excluding carboxylic acids is 2. The third kappa shape index (κ3) is 4.52. The van der Waals surface area contributed by atoms with Gasteiger partial charge in [-0.3, -0.25) is 14.9 Å². The van der Waals surface area contributed by atoms with Crippen molar-refractivity contribution >= 4 is 34.0 Å². The maximum absolute atomic E-state index is 12.9. The number of nitrogens with one attached hydrogen (secondary N) is 2. The summed E-state index contributed by atoms with van der Waals surface area (Å²) >= 11 is 1.45. The van der Waals surface area contributed by atoms with Crippen molar-refractivity contribution in [1.29, 1.82) is 0 Å². The highest BCUT2D eigenvalue weighted by Crippen LogP contribution is 2.37. The van der Waals surface area contributed by atoms with Crippen molar-refractivity contribution in [3.8, 4) is 5.75 Å². The van der Waals surface area contributed by atoms with Gasteiger partial charge in [0.15, 0.2) is 5.13 Å². The Morgan fingerprint density at radius 3 is 2.60 bits per heavy atom. The van der Waals surface area contributed by atoms with E-state index in [9.17, 15) is 9.59 Å². The van der Waals surface area contributed by atoms with Crippen molar-refractivity contribution in [3.05, 3.63) is 70.7 Å². The van der Waals surface area contributed by atoms with E-state index in [4.69, 9.17) is 4.74 Å². The predicted octanol–water partition coefficient (Wildman–Crippen LogP) is 4.85. The van der Waals surface area contributed by atoms with E-state index in [1.54, 1.807) is 12.1 Å². The Balaban J connectivity index is 1.46. The summed E-state index contributed by atoms with van der Waals surface area (Å²) < 4.78 is 5.44. The zero-order valence-electron chi connectivity index (χ0n) is 16.7. The van der Waals surface area contributed by atoms with E-state index in [-0.39, 0.29) is 17.7 Å². The van der Waals surface area contributed by atoms with Gasteiger partial charge in [0.1, 0.15) is 5.75 Å². The van der Waals surface area contributed by atoms with Gasteiger partial charge in [0, 0.05) is 16.1 Å². The minimum absolute atomic E-state index is 0.0775. The second-order valence-corrected chi connectivity index (χ2v) is 8.12. The lowest BCUT2D eigenvalue weighted by atomic mass is 9.90. The Kier molecular flexibility index (Phi) is 6.09. The van der Waals surface area contributed by atoms with E-state index in [2.05, 4.69) is 15.6 Å². The van der Waals surface area contributed by atoms with E-state index < -0.39 is 0 Å². The van der Waals surface area contributed by atoms with Crippen LogP contribution in [-0.2, 0) is 11.2 Å². The summed E-state index contributed by atoms with van der Waals surface area (Å²) in [5, 5.41) is 6.38. The van der Waals surface area contributed by atoms with Crippen LogP contribution in [0.4, 0.5) is 10.8 Å². The summed E-state index contributed by atoms with van der Waals surface area (Å²) in [7, 11) is 0. The minimum Gasteiger partial charge on any atom is -0.494 e. The molecule has 6 nitrogen and oxygen atoms in total. The molecule has 0 saturated heterocycles. The van der Waals surface area contributed by atoms with Crippen LogP contribution in [0.1, 0.15) is 46.6 Å². The lowest BCUT2D eigenvalue weighted by Gasteiger charge is -2.20. The number of benzene rings is 2. The van der Waals surface area contributed by atoms with Gasteiger partial charge in [0.25, 0.3) is 5.91 Å². The Morgan fingerprint density at radius 1 is 1.10 bits per heavy atom. The SMILES string of the molecule is CCOc1ccc(NC(=O)C2CCCc3sc(NC(=O)c4ccccc4)nc32)cc1. The highest BCUT2D eigenvalue weighted by Gasteiger charge is 2.30. The number of anilines is 2. The average Bonchev–Trinajstić information content (AvgIpc) is 3.18. The van der Waals surface area contributed by atoms with Gasteiger partial charge < -0.3 is 10.1 Å². The third-order valence-electron chi connectivity index (χ3n) is 4.96. The number of hydrogen-bond donors (Lipinski definition) is 2. The van der Waals surface area contributed by atoms with E-state index in [0.717, 1.165) is 41.3 Å². The number of hydrogen-bond acceptors (Lipinski definition) is 5. The molecule has 7 heteroatoms. The first kappa shape index (κ1) is 20.1. The number of thiazole rings is 1. The third-order valence-corrected chi connectivity index (χ3v) is 6.01. The summed E-state index contributed by atoms with van der Waals surface area (Å²) in [5.74, 6) is 0.177. The van der Waals surface area contributed by atoms with Crippen LogP contribution in [0.3, 0.4) is 0 Å². The molecule has 0 saturated carbocycles. The van der Waals surface area contributed by atoms with E-state index in [1.165, 1.54) is 11.3 Å². The first-order valence-corrected chi connectivity index (χ1v) is 10.9. The molecule has 2 amide bonds. The quantitative estimate of drug-likeness (QED) is 0.596. The number of carbonyl (C=O) groups is 2. The van der Waals surface area contributed by atoms with E-state index in [0.29, 0.717) is 17.3 Å². The van der Waals surface area contributed by atoms with Gasteiger partial charge in [-0.25, -0.2) is 4.98 Å². The average molecular weight is 422 g/mol. The first-order valence-electron chi connectivity index (χ1n) is 10.0. The fourth-order valence-corrected chi connectivity index (χ4v) is 4.58. The van der Waals surface area contributed by atoms with Crippen molar-refractivity contribution < 1.29 is 14.3 Å². The fourth-order valence-electron chi connectivity index (χ4n) is 3.52. The minimum atomic E-state index is -0.320. The lowest BCUT2D eigenvalue weighted by Crippen LogP contribution is -2.24. The lowest BCUT2D eigenvalue weighted by molar-refractivity contribution is -0.117. The Labute approximate surface area is 179 Å². The van der Waals surface area contributed by atoms with Gasteiger partial charge in [-0.15, -0.1) is 11.3 Å². The molecule has 2 N–H and O–H groups in total. The van der Waals surface area contributed by atoms with Crippen LogP contribution in [0.25, 0.3) is 0 Å². The van der Waals surface area contributed by atoms with Gasteiger partial charge in [0.2, 0.25) is 5.91 Å². The normalized spacial score (nSPS) is 15.2. The second-order valence-electron chi connectivity index (χ2n) is 7.04. The molecule has 0 fully saturated rings. The number of nitrogens with zero attached hydrogens (tertiary/aromatic N) is 1. The summed E-state index contributed by atoms with van der Waals surface area (Å²) in [6.07, 6.45) is 2.54. The number of aryl methyl sites for hydroxylation is 1. The number of rotatable bonds is 6. The van der Waals surface area contributed by atoms with Crippen LogP contribution in [0.5, 0.6) is 5.75 Å². The molecule has 1 aliphatic carbocycles. The Hall–Kier alpha value is -3.19. The topological polar surface area (TPSA) is 80.3 Å². The standard InChI is InChI=1S/C23H23N3O3S/c1-2-29-17-13-11-16(12-14-17)24-22(28)18-9-6-10-19-20(18)25-23(30-19)26-21(27)15-7-4-3-5-8-15/h3-5,7-8,11-14,18H,2,6,9-10H2,1H3,(H,24,28)(H,25,26,27). The maximum Gasteiger partial charge on any atom is 0.257 e. The van der Waals surface area contributed by atoms with Gasteiger partial charge in [-0.1, -0.05) is 18.2 Å². The van der Waals surface area contributed by atoms with Crippen molar-refractivity contribution in [3.63, 3.8) is 0 Å². The van der Waals surface area contributed by atoms with Crippen LogP contribution in [0, 0.1) is 0 Å². The fraction of sp³-hybridized carbons (Fsp3) is 0.261. The second kappa shape index (κ2) is 9.09. The van der Waals surface area contributed by atoms with Crippen molar-refractivity contribution in [1.82, 2.24) is 4.98 Å². The molecule has 0 aliphatic heterocycles. The smallest absolute Gasteiger partial charge is 0.257 e.